The van der Waals surface area contributed by atoms with E-state index in [4.69, 9.17) is 9.72 Å². The molecule has 0 amide bonds. The number of hydrogen-bond donors (Lipinski definition) is 1. The van der Waals surface area contributed by atoms with Gasteiger partial charge in [0.15, 0.2) is 5.78 Å². The zero-order valence-electron chi connectivity index (χ0n) is 37.7. The van der Waals surface area contributed by atoms with Gasteiger partial charge in [-0.15, -0.1) is 17.5 Å². The van der Waals surface area contributed by atoms with Crippen LogP contribution in [0.15, 0.2) is 72.6 Å². The molecule has 1 aliphatic heterocycles. The molecule has 1 aliphatic rings. The first-order valence-corrected chi connectivity index (χ1v) is 21.6. The van der Waals surface area contributed by atoms with Crippen molar-refractivity contribution < 1.29 is 34.7 Å². The third kappa shape index (κ3) is 9.80. The van der Waals surface area contributed by atoms with Crippen LogP contribution in [0.5, 0.6) is 11.5 Å². The van der Waals surface area contributed by atoms with Crippen LogP contribution in [0.25, 0.3) is 43.9 Å². The number of allylic oxidation sites excluding steroid dienone is 2. The van der Waals surface area contributed by atoms with Gasteiger partial charge < -0.3 is 9.84 Å². The summed E-state index contributed by atoms with van der Waals surface area (Å²) in [5.41, 5.74) is 9.75. The zero-order chi connectivity index (χ0) is 42.0. The minimum Gasteiger partial charge on any atom is -0.512 e. The van der Waals surface area contributed by atoms with Gasteiger partial charge in [-0.1, -0.05) is 144 Å². The van der Waals surface area contributed by atoms with E-state index in [1.165, 1.54) is 44.8 Å². The normalized spacial score (nSPS) is 12.8. The van der Waals surface area contributed by atoms with Crippen LogP contribution in [0.1, 0.15) is 163 Å². The summed E-state index contributed by atoms with van der Waals surface area (Å²) in [5, 5.41) is 14.4. The first-order valence-electron chi connectivity index (χ1n) is 21.6. The number of ketones is 1. The van der Waals surface area contributed by atoms with E-state index in [9.17, 15) is 9.90 Å². The molecule has 0 spiro atoms. The second kappa shape index (κ2) is 19.1. The molecule has 0 atom stereocenters. The molecule has 1 radical (unpaired) electrons. The van der Waals surface area contributed by atoms with Crippen molar-refractivity contribution in [2.45, 2.75) is 147 Å². The molecule has 1 N–H and O–H groups in total. The molecule has 4 nitrogen and oxygen atoms in total. The molecule has 58 heavy (non-hydrogen) atoms. The van der Waals surface area contributed by atoms with Gasteiger partial charge >= 0.3 is 0 Å². The minimum atomic E-state index is -0.319. The van der Waals surface area contributed by atoms with Crippen LogP contribution >= 0.6 is 0 Å². The van der Waals surface area contributed by atoms with Gasteiger partial charge in [-0.25, -0.2) is 0 Å². The number of fused-ring (bicyclic) bond motifs is 3. The number of carbonyl (C=O) groups is 1. The Morgan fingerprint density at radius 2 is 1.45 bits per heavy atom. The second-order valence-electron chi connectivity index (χ2n) is 18.7. The smallest absolute Gasteiger partial charge is 0.164 e. The SMILES string of the molecule is CC(C)c1cc(C(C)C)c(-c2cc3c4c(nccc4c2)-c2[c-]c4ccccc4c(CC(C)(C)C)c2O3)c(C(C)C)c1.CCC(CC)/C(O)=C/C(=O)C(C)(CC)CC.[Ir]. The fraction of sp³-hybridized carbons (Fsp3) is 0.472. The quantitative estimate of drug-likeness (QED) is 0.0754. The van der Waals surface area contributed by atoms with E-state index in [0.717, 1.165) is 71.0 Å². The molecule has 2 heterocycles. The monoisotopic (exact) mass is 959 g/mol. The van der Waals surface area contributed by atoms with E-state index in [-0.39, 0.29) is 48.4 Å². The van der Waals surface area contributed by atoms with Crippen molar-refractivity contribution in [2.24, 2.45) is 16.7 Å². The van der Waals surface area contributed by atoms with Gasteiger partial charge in [-0.3, -0.25) is 9.78 Å². The maximum Gasteiger partial charge on any atom is 0.164 e. The molecular weight excluding hydrogens is 891 g/mol. The predicted molar refractivity (Wildman–Crippen MR) is 243 cm³/mol. The molecule has 0 aliphatic carbocycles. The number of nitrogens with zero attached hydrogens (tertiary/aromatic N) is 1. The van der Waals surface area contributed by atoms with Gasteiger partial charge in [-0.05, 0) is 107 Å². The Labute approximate surface area is 363 Å². The number of aliphatic hydroxyl groups is 1. The fourth-order valence-corrected chi connectivity index (χ4v) is 8.13. The second-order valence-corrected chi connectivity index (χ2v) is 18.7. The average molecular weight is 959 g/mol. The summed E-state index contributed by atoms with van der Waals surface area (Å²) in [5.74, 6) is 3.53. The molecule has 0 bridgehead atoms. The summed E-state index contributed by atoms with van der Waals surface area (Å²) in [4.78, 5) is 17.0. The van der Waals surface area contributed by atoms with Crippen LogP contribution < -0.4 is 4.74 Å². The molecule has 0 fully saturated rings. The summed E-state index contributed by atoms with van der Waals surface area (Å²) in [6.07, 6.45) is 7.68. The number of rotatable bonds is 12. The number of benzene rings is 4. The Morgan fingerprint density at radius 3 is 1.98 bits per heavy atom. The van der Waals surface area contributed by atoms with Crippen molar-refractivity contribution >= 4 is 27.3 Å². The van der Waals surface area contributed by atoms with Gasteiger partial charge in [0.1, 0.15) is 5.75 Å². The van der Waals surface area contributed by atoms with E-state index < -0.39 is 0 Å². The number of aromatic nitrogens is 1. The molecule has 5 aromatic rings. The summed E-state index contributed by atoms with van der Waals surface area (Å²) in [6.45, 7) is 30.8. The summed E-state index contributed by atoms with van der Waals surface area (Å²) in [7, 11) is 0. The molecule has 6 rings (SSSR count). The Bertz CT molecular complexity index is 2240. The minimum absolute atomic E-state index is 0. The number of aliphatic hydroxyl groups excluding tert-OH is 1. The Hall–Kier alpha value is -3.79. The van der Waals surface area contributed by atoms with E-state index in [1.54, 1.807) is 0 Å². The Morgan fingerprint density at radius 1 is 0.845 bits per heavy atom. The van der Waals surface area contributed by atoms with Gasteiger partial charge in [0.05, 0.1) is 11.5 Å². The predicted octanol–water partition coefficient (Wildman–Crippen LogP) is 15.8. The van der Waals surface area contributed by atoms with Crippen LogP contribution in [-0.4, -0.2) is 15.9 Å². The van der Waals surface area contributed by atoms with Gasteiger partial charge in [-0.2, -0.15) is 0 Å². The first-order chi connectivity index (χ1) is 26.9. The topological polar surface area (TPSA) is 59.4 Å². The van der Waals surface area contributed by atoms with Crippen LogP contribution in [0.3, 0.4) is 0 Å². The van der Waals surface area contributed by atoms with Crippen LogP contribution in [0.4, 0.5) is 0 Å². The summed E-state index contributed by atoms with van der Waals surface area (Å²) >= 11 is 0. The molecular formula is C53H68IrNO3-. The van der Waals surface area contributed by atoms with Crippen LogP contribution in [0.2, 0.25) is 0 Å². The Balaban J connectivity index is 0.000000374. The summed E-state index contributed by atoms with van der Waals surface area (Å²) < 4.78 is 6.99. The maximum atomic E-state index is 12.0. The molecule has 1 aromatic heterocycles. The molecule has 0 saturated heterocycles. The number of carbonyl (C=O) groups excluding carboxylic acids is 1. The third-order valence-electron chi connectivity index (χ3n) is 12.3. The fourth-order valence-electron chi connectivity index (χ4n) is 8.13. The molecule has 4 aromatic carbocycles. The van der Waals surface area contributed by atoms with Crippen molar-refractivity contribution in [3.05, 3.63) is 101 Å². The molecule has 5 heteroatoms. The van der Waals surface area contributed by atoms with Crippen molar-refractivity contribution in [2.75, 3.05) is 0 Å². The van der Waals surface area contributed by atoms with Gasteiger partial charge in [0.2, 0.25) is 0 Å². The van der Waals surface area contributed by atoms with Crippen molar-refractivity contribution in [3.8, 4) is 33.9 Å². The third-order valence-corrected chi connectivity index (χ3v) is 12.3. The Kier molecular flexibility index (Phi) is 15.4. The van der Waals surface area contributed by atoms with E-state index in [0.29, 0.717) is 17.8 Å². The number of pyridine rings is 1. The van der Waals surface area contributed by atoms with E-state index >= 15 is 0 Å². The van der Waals surface area contributed by atoms with Crippen molar-refractivity contribution in [1.82, 2.24) is 4.98 Å². The zero-order valence-corrected chi connectivity index (χ0v) is 40.1. The van der Waals surface area contributed by atoms with Crippen molar-refractivity contribution in [1.29, 1.82) is 0 Å². The van der Waals surface area contributed by atoms with Crippen LogP contribution in [-0.2, 0) is 31.3 Å². The summed E-state index contributed by atoms with van der Waals surface area (Å²) in [6, 6.07) is 23.9. The van der Waals surface area contributed by atoms with E-state index in [1.807, 2.05) is 40.8 Å². The number of ether oxygens (including phenoxy) is 1. The van der Waals surface area contributed by atoms with Gasteiger partial charge in [0.25, 0.3) is 0 Å². The van der Waals surface area contributed by atoms with Crippen LogP contribution in [0, 0.1) is 22.8 Å². The van der Waals surface area contributed by atoms with E-state index in [2.05, 4.69) is 123 Å². The molecule has 0 unspecified atom stereocenters. The molecule has 0 saturated carbocycles. The standard InChI is InChI=1S/C39H42NO.C14H26O2.Ir/c1-22(2)27-18-30(23(3)4)35(31(19-27)24(5)6)28-16-26-14-15-40-37-32-17-25-12-10-11-13-29(25)33(21-39(7,8)9)38(32)41-34(20-28)36(26)37;1-6-11(7-2)12(15)10-13(16)14(5,8-3)9-4;/h10-16,18-20,22-24H,21H2,1-9H3;10-11,15H,6-9H2,1-5H3;/q-1;;/b;12-10-;. The maximum absolute atomic E-state index is 12.0. The average Bonchev–Trinajstić information content (AvgIpc) is 3.17. The van der Waals surface area contributed by atoms with Crippen molar-refractivity contribution in [3.63, 3.8) is 0 Å². The molecule has 313 valence electrons. The van der Waals surface area contributed by atoms with Gasteiger partial charge in [0, 0.05) is 54.8 Å². The number of hydrogen-bond acceptors (Lipinski definition) is 4. The largest absolute Gasteiger partial charge is 0.512 e. The first kappa shape index (κ1) is 46.9.